The Morgan fingerprint density at radius 3 is 1.90 bits per heavy atom. The topological polar surface area (TPSA) is 12.0 Å². The standard InChI is InChI=1S/C18H20ClN/c1-14-2-4-15(5-3-14)18(10-12-20-13-11-18)16-6-8-17(19)9-7-16/h2-9,20H,10-13H2,1H3. The molecule has 104 valence electrons. The Morgan fingerprint density at radius 1 is 0.850 bits per heavy atom. The molecule has 0 radical (unpaired) electrons. The molecule has 1 N–H and O–H groups in total. The molecule has 3 rings (SSSR count). The molecule has 1 saturated heterocycles. The Kier molecular flexibility index (Phi) is 3.82. The van der Waals surface area contributed by atoms with Crippen molar-refractivity contribution in [2.45, 2.75) is 25.2 Å². The van der Waals surface area contributed by atoms with Crippen molar-refractivity contribution in [3.63, 3.8) is 0 Å². The van der Waals surface area contributed by atoms with Crippen molar-refractivity contribution in [3.05, 3.63) is 70.2 Å². The number of nitrogens with one attached hydrogen (secondary N) is 1. The summed E-state index contributed by atoms with van der Waals surface area (Å²) in [5.41, 5.74) is 4.25. The van der Waals surface area contributed by atoms with Gasteiger partial charge in [-0.05, 0) is 56.1 Å². The van der Waals surface area contributed by atoms with Gasteiger partial charge in [0.15, 0.2) is 0 Å². The first kappa shape index (κ1) is 13.7. The molecular weight excluding hydrogens is 266 g/mol. The Bertz CT molecular complexity index is 518. The fourth-order valence-corrected chi connectivity index (χ4v) is 3.37. The second-order valence-electron chi connectivity index (χ2n) is 5.71. The van der Waals surface area contributed by atoms with E-state index in [-0.39, 0.29) is 5.41 Å². The van der Waals surface area contributed by atoms with Gasteiger partial charge in [-0.25, -0.2) is 0 Å². The predicted molar refractivity (Wildman–Crippen MR) is 85.5 cm³/mol. The molecule has 0 aromatic heterocycles. The molecule has 2 aromatic rings. The molecule has 0 bridgehead atoms. The highest BCUT2D eigenvalue weighted by atomic mass is 35.5. The molecule has 1 heterocycles. The Labute approximate surface area is 126 Å². The SMILES string of the molecule is Cc1ccc(C2(c3ccc(Cl)cc3)CCNCC2)cc1. The summed E-state index contributed by atoms with van der Waals surface area (Å²) in [5, 5.41) is 4.28. The lowest BCUT2D eigenvalue weighted by Crippen LogP contribution is -2.40. The van der Waals surface area contributed by atoms with Crippen molar-refractivity contribution in [2.75, 3.05) is 13.1 Å². The highest BCUT2D eigenvalue weighted by Gasteiger charge is 2.35. The maximum Gasteiger partial charge on any atom is 0.0406 e. The Morgan fingerprint density at radius 2 is 1.35 bits per heavy atom. The number of rotatable bonds is 2. The Hall–Kier alpha value is -1.31. The van der Waals surface area contributed by atoms with Crippen LogP contribution >= 0.6 is 11.6 Å². The minimum Gasteiger partial charge on any atom is -0.317 e. The zero-order valence-corrected chi connectivity index (χ0v) is 12.6. The van der Waals surface area contributed by atoms with E-state index in [2.05, 4.69) is 48.6 Å². The molecule has 1 aliphatic rings. The lowest BCUT2D eigenvalue weighted by molar-refractivity contribution is 0.362. The lowest BCUT2D eigenvalue weighted by atomic mass is 9.68. The van der Waals surface area contributed by atoms with Crippen molar-refractivity contribution in [1.29, 1.82) is 0 Å². The first-order valence-electron chi connectivity index (χ1n) is 7.25. The van der Waals surface area contributed by atoms with E-state index in [9.17, 15) is 0 Å². The minimum atomic E-state index is 0.129. The summed E-state index contributed by atoms with van der Waals surface area (Å²) < 4.78 is 0. The van der Waals surface area contributed by atoms with E-state index in [1.165, 1.54) is 16.7 Å². The quantitative estimate of drug-likeness (QED) is 0.867. The lowest BCUT2D eigenvalue weighted by Gasteiger charge is -2.39. The number of halogens is 1. The summed E-state index contributed by atoms with van der Waals surface area (Å²) in [6.07, 6.45) is 2.27. The van der Waals surface area contributed by atoms with Gasteiger partial charge in [-0.3, -0.25) is 0 Å². The molecule has 0 aliphatic carbocycles. The van der Waals surface area contributed by atoms with Crippen LogP contribution in [0.15, 0.2) is 48.5 Å². The molecule has 0 atom stereocenters. The summed E-state index contributed by atoms with van der Waals surface area (Å²) in [5.74, 6) is 0. The normalized spacial score (nSPS) is 17.9. The maximum atomic E-state index is 6.05. The summed E-state index contributed by atoms with van der Waals surface area (Å²) in [6.45, 7) is 4.27. The minimum absolute atomic E-state index is 0.129. The third-order valence-electron chi connectivity index (χ3n) is 4.46. The van der Waals surface area contributed by atoms with Gasteiger partial charge in [0.25, 0.3) is 0 Å². The van der Waals surface area contributed by atoms with Gasteiger partial charge in [-0.15, -0.1) is 0 Å². The fraction of sp³-hybridized carbons (Fsp3) is 0.333. The monoisotopic (exact) mass is 285 g/mol. The van der Waals surface area contributed by atoms with Crippen LogP contribution in [0, 0.1) is 6.92 Å². The fourth-order valence-electron chi connectivity index (χ4n) is 3.24. The van der Waals surface area contributed by atoms with Gasteiger partial charge in [0.1, 0.15) is 0 Å². The average molecular weight is 286 g/mol. The molecule has 0 unspecified atom stereocenters. The number of aryl methyl sites for hydroxylation is 1. The van der Waals surface area contributed by atoms with Gasteiger partial charge in [0.05, 0.1) is 0 Å². The predicted octanol–water partition coefficient (Wildman–Crippen LogP) is 4.32. The third kappa shape index (κ3) is 2.48. The van der Waals surface area contributed by atoms with Crippen LogP contribution in [0.4, 0.5) is 0 Å². The smallest absolute Gasteiger partial charge is 0.0406 e. The maximum absolute atomic E-state index is 6.05. The van der Waals surface area contributed by atoms with Gasteiger partial charge >= 0.3 is 0 Å². The molecule has 0 saturated carbocycles. The molecule has 1 nitrogen and oxygen atoms in total. The number of benzene rings is 2. The van der Waals surface area contributed by atoms with Crippen molar-refractivity contribution in [2.24, 2.45) is 0 Å². The van der Waals surface area contributed by atoms with E-state index >= 15 is 0 Å². The second kappa shape index (κ2) is 5.59. The van der Waals surface area contributed by atoms with Crippen LogP contribution in [-0.2, 0) is 5.41 Å². The summed E-state index contributed by atoms with van der Waals surface area (Å²) in [6, 6.07) is 17.4. The number of hydrogen-bond donors (Lipinski definition) is 1. The summed E-state index contributed by atoms with van der Waals surface area (Å²) in [7, 11) is 0. The zero-order valence-electron chi connectivity index (χ0n) is 11.8. The van der Waals surface area contributed by atoms with Crippen molar-refractivity contribution >= 4 is 11.6 Å². The van der Waals surface area contributed by atoms with Crippen molar-refractivity contribution < 1.29 is 0 Å². The molecule has 1 aliphatic heterocycles. The van der Waals surface area contributed by atoms with E-state index < -0.39 is 0 Å². The van der Waals surface area contributed by atoms with E-state index in [1.54, 1.807) is 0 Å². The first-order valence-corrected chi connectivity index (χ1v) is 7.62. The van der Waals surface area contributed by atoms with Crippen LogP contribution in [-0.4, -0.2) is 13.1 Å². The second-order valence-corrected chi connectivity index (χ2v) is 6.14. The zero-order chi connectivity index (χ0) is 14.0. The van der Waals surface area contributed by atoms with Gasteiger partial charge in [0.2, 0.25) is 0 Å². The van der Waals surface area contributed by atoms with Gasteiger partial charge in [0, 0.05) is 10.4 Å². The van der Waals surface area contributed by atoms with Crippen LogP contribution in [0.3, 0.4) is 0 Å². The largest absolute Gasteiger partial charge is 0.317 e. The number of piperidine rings is 1. The van der Waals surface area contributed by atoms with E-state index in [1.807, 2.05) is 12.1 Å². The van der Waals surface area contributed by atoms with Crippen LogP contribution < -0.4 is 5.32 Å². The third-order valence-corrected chi connectivity index (χ3v) is 4.71. The summed E-state index contributed by atoms with van der Waals surface area (Å²) >= 11 is 6.05. The van der Waals surface area contributed by atoms with E-state index in [0.29, 0.717) is 0 Å². The van der Waals surface area contributed by atoms with Crippen LogP contribution in [0.25, 0.3) is 0 Å². The van der Waals surface area contributed by atoms with Gasteiger partial charge < -0.3 is 5.32 Å². The van der Waals surface area contributed by atoms with Gasteiger partial charge in [-0.1, -0.05) is 53.6 Å². The first-order chi connectivity index (χ1) is 9.71. The average Bonchev–Trinajstić information content (AvgIpc) is 2.49. The highest BCUT2D eigenvalue weighted by Crippen LogP contribution is 2.40. The Balaban J connectivity index is 2.08. The van der Waals surface area contributed by atoms with Crippen LogP contribution in [0.1, 0.15) is 29.5 Å². The van der Waals surface area contributed by atoms with E-state index in [4.69, 9.17) is 11.6 Å². The molecular formula is C18H20ClN. The molecule has 20 heavy (non-hydrogen) atoms. The number of hydrogen-bond acceptors (Lipinski definition) is 1. The molecule has 0 amide bonds. The van der Waals surface area contributed by atoms with Crippen molar-refractivity contribution in [1.82, 2.24) is 5.32 Å². The molecule has 2 heteroatoms. The molecule has 1 fully saturated rings. The van der Waals surface area contributed by atoms with Crippen LogP contribution in [0.5, 0.6) is 0 Å². The molecule has 0 spiro atoms. The van der Waals surface area contributed by atoms with Crippen molar-refractivity contribution in [3.8, 4) is 0 Å². The molecule has 2 aromatic carbocycles. The highest BCUT2D eigenvalue weighted by molar-refractivity contribution is 6.30. The summed E-state index contributed by atoms with van der Waals surface area (Å²) in [4.78, 5) is 0. The van der Waals surface area contributed by atoms with Gasteiger partial charge in [-0.2, -0.15) is 0 Å². The van der Waals surface area contributed by atoms with Crippen LogP contribution in [0.2, 0.25) is 5.02 Å². The van der Waals surface area contributed by atoms with E-state index in [0.717, 1.165) is 31.0 Å².